The van der Waals surface area contributed by atoms with E-state index in [2.05, 4.69) is 30.2 Å². The van der Waals surface area contributed by atoms with Crippen molar-refractivity contribution in [2.45, 2.75) is 44.4 Å². The average Bonchev–Trinajstić information content (AvgIpc) is 2.89. The van der Waals surface area contributed by atoms with Gasteiger partial charge in [0.05, 0.1) is 34.7 Å². The van der Waals surface area contributed by atoms with Crippen molar-refractivity contribution >= 4 is 21.1 Å². The van der Waals surface area contributed by atoms with Gasteiger partial charge in [-0.1, -0.05) is 0 Å². The number of rotatable bonds is 5. The summed E-state index contributed by atoms with van der Waals surface area (Å²) < 4.78 is 34.0. The first-order valence-corrected chi connectivity index (χ1v) is 10.4. The predicted molar refractivity (Wildman–Crippen MR) is 102 cm³/mol. The van der Waals surface area contributed by atoms with Crippen LogP contribution in [0.2, 0.25) is 0 Å². The zero-order valence-corrected chi connectivity index (χ0v) is 17.0. The Balaban J connectivity index is 1.96. The largest absolute Gasteiger partial charge is 0.373 e. The fourth-order valence-corrected chi connectivity index (χ4v) is 4.38. The van der Waals surface area contributed by atoms with Gasteiger partial charge in [-0.2, -0.15) is 0 Å². The third-order valence-corrected chi connectivity index (χ3v) is 6.57. The Kier molecular flexibility index (Phi) is 5.13. The molecule has 0 unspecified atom stereocenters. The predicted octanol–water partition coefficient (Wildman–Crippen LogP) is 1.92. The molecule has 0 N–H and O–H groups in total. The molecule has 1 aromatic heterocycles. The van der Waals surface area contributed by atoms with Crippen LogP contribution in [-0.4, -0.2) is 66.6 Å². The summed E-state index contributed by atoms with van der Waals surface area (Å²) >= 11 is 0. The van der Waals surface area contributed by atoms with Gasteiger partial charge in [0.25, 0.3) is 0 Å². The van der Waals surface area contributed by atoms with Gasteiger partial charge in [-0.15, -0.1) is 0 Å². The second kappa shape index (κ2) is 6.92. The highest BCUT2D eigenvalue weighted by atomic mass is 32.2. The van der Waals surface area contributed by atoms with Crippen molar-refractivity contribution in [1.29, 1.82) is 0 Å². The van der Waals surface area contributed by atoms with E-state index in [-0.39, 0.29) is 10.5 Å². The molecule has 0 amide bonds. The minimum absolute atomic E-state index is 0.158. The van der Waals surface area contributed by atoms with Crippen LogP contribution in [0, 0.1) is 0 Å². The number of benzene rings is 1. The molecule has 8 heteroatoms. The number of aromatic nitrogens is 2. The molecule has 1 saturated heterocycles. The maximum Gasteiger partial charge on any atom is 0.242 e. The highest BCUT2D eigenvalue weighted by Gasteiger charge is 2.28. The van der Waals surface area contributed by atoms with E-state index >= 15 is 0 Å². The first kappa shape index (κ1) is 19.3. The Bertz CT molecular complexity index is 903. The summed E-state index contributed by atoms with van der Waals surface area (Å²) in [6.07, 6.45) is 0. The van der Waals surface area contributed by atoms with Crippen LogP contribution < -0.4 is 0 Å². The van der Waals surface area contributed by atoms with Crippen LogP contribution in [0.3, 0.4) is 0 Å². The van der Waals surface area contributed by atoms with Crippen molar-refractivity contribution in [3.05, 3.63) is 24.0 Å². The smallest absolute Gasteiger partial charge is 0.242 e. The number of hydrogen-bond acceptors (Lipinski definition) is 5. The highest BCUT2D eigenvalue weighted by molar-refractivity contribution is 7.89. The van der Waals surface area contributed by atoms with Crippen LogP contribution >= 0.6 is 0 Å². The van der Waals surface area contributed by atoms with Crippen molar-refractivity contribution in [1.82, 2.24) is 18.8 Å². The van der Waals surface area contributed by atoms with Gasteiger partial charge in [-0.3, -0.25) is 4.90 Å². The van der Waals surface area contributed by atoms with Crippen molar-refractivity contribution in [2.75, 3.05) is 33.8 Å². The molecule has 0 saturated carbocycles. The number of hydrogen-bond donors (Lipinski definition) is 0. The van der Waals surface area contributed by atoms with E-state index in [0.717, 1.165) is 43.0 Å². The molecule has 0 atom stereocenters. The fourth-order valence-electron chi connectivity index (χ4n) is 3.45. The summed E-state index contributed by atoms with van der Waals surface area (Å²) in [6.45, 7) is 10.2. The summed E-state index contributed by atoms with van der Waals surface area (Å²) in [6, 6.07) is 5.19. The Morgan fingerprint density at radius 2 is 2.04 bits per heavy atom. The van der Waals surface area contributed by atoms with Crippen LogP contribution in [0.4, 0.5) is 0 Å². The van der Waals surface area contributed by atoms with Gasteiger partial charge in [-0.05, 0) is 39.0 Å². The zero-order valence-electron chi connectivity index (χ0n) is 16.2. The number of morpholine rings is 1. The monoisotopic (exact) mass is 380 g/mol. The molecule has 0 aliphatic carbocycles. The summed E-state index contributed by atoms with van der Waals surface area (Å²) in [7, 11) is -0.389. The van der Waals surface area contributed by atoms with Crippen molar-refractivity contribution in [3.8, 4) is 0 Å². The topological polar surface area (TPSA) is 67.7 Å². The Hall–Kier alpha value is -1.48. The molecule has 0 spiro atoms. The molecular weight excluding hydrogens is 352 g/mol. The molecule has 1 aliphatic heterocycles. The van der Waals surface area contributed by atoms with E-state index < -0.39 is 10.0 Å². The molecule has 144 valence electrons. The van der Waals surface area contributed by atoms with Gasteiger partial charge in [-0.25, -0.2) is 17.7 Å². The van der Waals surface area contributed by atoms with Crippen LogP contribution in [0.25, 0.3) is 11.0 Å². The lowest BCUT2D eigenvalue weighted by Crippen LogP contribution is -2.48. The van der Waals surface area contributed by atoms with Gasteiger partial charge < -0.3 is 9.30 Å². The lowest BCUT2D eigenvalue weighted by Gasteiger charge is -2.37. The molecular formula is C18H28N4O3S. The summed E-state index contributed by atoms with van der Waals surface area (Å²) in [5.74, 6) is 0.958. The van der Waals surface area contributed by atoms with Gasteiger partial charge in [0.1, 0.15) is 5.82 Å². The molecule has 0 bridgehead atoms. The van der Waals surface area contributed by atoms with Crippen LogP contribution in [0.5, 0.6) is 0 Å². The molecule has 2 heterocycles. The van der Waals surface area contributed by atoms with E-state index in [4.69, 9.17) is 9.72 Å². The van der Waals surface area contributed by atoms with E-state index in [9.17, 15) is 8.42 Å². The van der Waals surface area contributed by atoms with Gasteiger partial charge in [0.2, 0.25) is 10.0 Å². The molecule has 0 radical (unpaired) electrons. The molecule has 26 heavy (non-hydrogen) atoms. The Labute approximate surface area is 155 Å². The summed E-state index contributed by atoms with van der Waals surface area (Å²) in [5.41, 5.74) is 1.53. The van der Waals surface area contributed by atoms with Gasteiger partial charge in [0.15, 0.2) is 0 Å². The number of ether oxygens (including phenoxy) is 1. The van der Waals surface area contributed by atoms with Crippen LogP contribution in [0.15, 0.2) is 23.1 Å². The second-order valence-corrected chi connectivity index (χ2v) is 9.68. The lowest BCUT2D eigenvalue weighted by atomic mass is 10.1. The maximum atomic E-state index is 12.4. The molecule has 3 rings (SSSR count). The first-order chi connectivity index (χ1) is 12.1. The van der Waals surface area contributed by atoms with Crippen molar-refractivity contribution < 1.29 is 13.2 Å². The highest BCUT2D eigenvalue weighted by Crippen LogP contribution is 2.24. The lowest BCUT2D eigenvalue weighted by molar-refractivity contribution is -0.0889. The number of imidazole rings is 1. The molecule has 1 fully saturated rings. The number of aryl methyl sites for hydroxylation is 1. The van der Waals surface area contributed by atoms with Crippen molar-refractivity contribution in [2.24, 2.45) is 0 Å². The molecule has 2 aromatic rings. The first-order valence-electron chi connectivity index (χ1n) is 8.92. The number of nitrogens with zero attached hydrogens (tertiary/aromatic N) is 4. The molecule has 7 nitrogen and oxygen atoms in total. The average molecular weight is 381 g/mol. The second-order valence-electron chi connectivity index (χ2n) is 7.53. The minimum atomic E-state index is -3.46. The third-order valence-electron chi connectivity index (χ3n) is 4.76. The standard InChI is InChI=1S/C18H28N4O3S/c1-6-22-16-8-7-14(26(23,24)20(4)5)11-15(16)19-17(22)12-21-9-10-25-18(2,3)13-21/h7-8,11H,6,9-10,12-13H2,1-5H3. The summed E-state index contributed by atoms with van der Waals surface area (Å²) in [4.78, 5) is 7.37. The zero-order chi connectivity index (χ0) is 19.1. The molecule has 1 aliphatic rings. The van der Waals surface area contributed by atoms with Crippen LogP contribution in [0.1, 0.15) is 26.6 Å². The number of fused-ring (bicyclic) bond motifs is 1. The van der Waals surface area contributed by atoms with E-state index in [0.29, 0.717) is 6.61 Å². The minimum Gasteiger partial charge on any atom is -0.373 e. The van der Waals surface area contributed by atoms with Gasteiger partial charge in [0, 0.05) is 33.7 Å². The van der Waals surface area contributed by atoms with E-state index in [1.807, 2.05) is 6.07 Å². The molecule has 1 aromatic carbocycles. The van der Waals surface area contributed by atoms with Gasteiger partial charge >= 0.3 is 0 Å². The number of sulfonamides is 1. The van der Waals surface area contributed by atoms with E-state index in [1.165, 1.54) is 18.4 Å². The van der Waals surface area contributed by atoms with Crippen LogP contribution in [-0.2, 0) is 27.8 Å². The summed E-state index contributed by atoms with van der Waals surface area (Å²) in [5, 5.41) is 0. The Morgan fingerprint density at radius 1 is 1.31 bits per heavy atom. The van der Waals surface area contributed by atoms with E-state index in [1.54, 1.807) is 12.1 Å². The normalized spacial score (nSPS) is 18.7. The Morgan fingerprint density at radius 3 is 2.65 bits per heavy atom. The quantitative estimate of drug-likeness (QED) is 0.793. The third kappa shape index (κ3) is 3.64. The fraction of sp³-hybridized carbons (Fsp3) is 0.611. The SMILES string of the molecule is CCn1c(CN2CCOC(C)(C)C2)nc2cc(S(=O)(=O)N(C)C)ccc21. The maximum absolute atomic E-state index is 12.4. The van der Waals surface area contributed by atoms with Crippen molar-refractivity contribution in [3.63, 3.8) is 0 Å².